The van der Waals surface area contributed by atoms with Crippen LogP contribution in [-0.2, 0) is 0 Å². The molecule has 0 aliphatic carbocycles. The summed E-state index contributed by atoms with van der Waals surface area (Å²) in [5, 5.41) is 12.7. The van der Waals surface area contributed by atoms with Crippen LogP contribution in [0.4, 0.5) is 11.7 Å². The summed E-state index contributed by atoms with van der Waals surface area (Å²) in [6.07, 6.45) is 0. The number of nitro benzene ring substituents is 1. The minimum atomic E-state index is -0.449. The van der Waals surface area contributed by atoms with Gasteiger partial charge in [0.25, 0.3) is 5.69 Å². The van der Waals surface area contributed by atoms with Gasteiger partial charge in [0.05, 0.1) is 11.0 Å². The van der Waals surface area contributed by atoms with Crippen LogP contribution in [0.1, 0.15) is 0 Å². The lowest BCUT2D eigenvalue weighted by Gasteiger charge is -2.31. The van der Waals surface area contributed by atoms with Gasteiger partial charge >= 0.3 is 6.01 Å². The number of nitro groups is 1. The number of nitrogens with zero attached hydrogens (tertiary/aromatic N) is 4. The van der Waals surface area contributed by atoms with Crippen molar-refractivity contribution in [2.24, 2.45) is 0 Å². The zero-order valence-corrected chi connectivity index (χ0v) is 11.1. The molecule has 3 rings (SSSR count). The van der Waals surface area contributed by atoms with Gasteiger partial charge in [-0.2, -0.15) is 4.98 Å². The molecule has 1 fully saturated rings. The molecule has 8 heteroatoms. The molecule has 1 aliphatic rings. The molecule has 20 heavy (non-hydrogen) atoms. The second-order valence-electron chi connectivity index (χ2n) is 4.83. The lowest BCUT2D eigenvalue weighted by Crippen LogP contribution is -2.46. The fourth-order valence-electron chi connectivity index (χ4n) is 2.13. The summed E-state index contributed by atoms with van der Waals surface area (Å²) in [6.45, 7) is 3.68. The topological polar surface area (TPSA) is 87.7 Å². The molecule has 1 saturated heterocycles. The first-order valence-electron chi connectivity index (χ1n) is 6.37. The standard InChI is InChI=1S/C12H15N5O3/c1-15-4-6-16(7-5-15)14-12-13-10-3-2-9(17(18)19)8-11(10)20-12/h2-3,8H,4-7H2,1H3,(H,13,14). The van der Waals surface area contributed by atoms with Crippen LogP contribution in [0.25, 0.3) is 11.1 Å². The quantitative estimate of drug-likeness (QED) is 0.668. The number of hydrogen-bond acceptors (Lipinski definition) is 7. The minimum absolute atomic E-state index is 0.000188. The molecule has 106 valence electrons. The van der Waals surface area contributed by atoms with Gasteiger partial charge in [-0.15, -0.1) is 0 Å². The van der Waals surface area contributed by atoms with Crippen LogP contribution in [0.2, 0.25) is 0 Å². The molecular weight excluding hydrogens is 262 g/mol. The maximum atomic E-state index is 10.7. The van der Waals surface area contributed by atoms with Crippen molar-refractivity contribution in [2.75, 3.05) is 38.7 Å². The molecule has 1 aromatic heterocycles. The number of nitrogens with one attached hydrogen (secondary N) is 1. The number of non-ortho nitro benzene ring substituents is 1. The van der Waals surface area contributed by atoms with Gasteiger partial charge in [-0.1, -0.05) is 0 Å². The number of hydrogen-bond donors (Lipinski definition) is 1. The maximum Gasteiger partial charge on any atom is 0.310 e. The second kappa shape index (κ2) is 5.06. The van der Waals surface area contributed by atoms with Gasteiger partial charge in [0, 0.05) is 32.2 Å². The SMILES string of the molecule is CN1CCN(Nc2nc3ccc([N+](=O)[O-])cc3o2)CC1. The minimum Gasteiger partial charge on any atom is -0.422 e. The monoisotopic (exact) mass is 277 g/mol. The van der Waals surface area contributed by atoms with Crippen LogP contribution >= 0.6 is 0 Å². The molecule has 0 spiro atoms. The second-order valence-corrected chi connectivity index (χ2v) is 4.83. The third-order valence-corrected chi connectivity index (χ3v) is 3.34. The van der Waals surface area contributed by atoms with Crippen LogP contribution in [0, 0.1) is 10.1 Å². The summed E-state index contributed by atoms with van der Waals surface area (Å²) < 4.78 is 5.51. The molecule has 1 N–H and O–H groups in total. The molecule has 1 aliphatic heterocycles. The van der Waals surface area contributed by atoms with Crippen LogP contribution in [0.15, 0.2) is 22.6 Å². The Hall–Kier alpha value is -2.19. The third kappa shape index (κ3) is 2.56. The van der Waals surface area contributed by atoms with E-state index in [2.05, 4.69) is 22.4 Å². The highest BCUT2D eigenvalue weighted by Crippen LogP contribution is 2.23. The number of oxazole rings is 1. The summed E-state index contributed by atoms with van der Waals surface area (Å²) in [5.74, 6) is 0. The highest BCUT2D eigenvalue weighted by atomic mass is 16.6. The number of piperazine rings is 1. The Morgan fingerprint density at radius 1 is 1.35 bits per heavy atom. The zero-order chi connectivity index (χ0) is 14.1. The van der Waals surface area contributed by atoms with Crippen LogP contribution in [-0.4, -0.2) is 53.0 Å². The number of aromatic nitrogens is 1. The number of benzene rings is 1. The Bertz CT molecular complexity index is 633. The van der Waals surface area contributed by atoms with Crippen LogP contribution in [0.5, 0.6) is 0 Å². The van der Waals surface area contributed by atoms with Gasteiger partial charge in [-0.25, -0.2) is 5.01 Å². The van der Waals surface area contributed by atoms with E-state index >= 15 is 0 Å². The normalized spacial score (nSPS) is 17.4. The van der Waals surface area contributed by atoms with Gasteiger partial charge in [0.2, 0.25) is 0 Å². The summed E-state index contributed by atoms with van der Waals surface area (Å²) >= 11 is 0. The predicted octanol–water partition coefficient (Wildman–Crippen LogP) is 1.31. The fourth-order valence-corrected chi connectivity index (χ4v) is 2.13. The molecule has 0 bridgehead atoms. The maximum absolute atomic E-state index is 10.7. The van der Waals surface area contributed by atoms with E-state index in [0.29, 0.717) is 17.1 Å². The highest BCUT2D eigenvalue weighted by Gasteiger charge is 2.16. The highest BCUT2D eigenvalue weighted by molar-refractivity contribution is 5.77. The van der Waals surface area contributed by atoms with E-state index in [9.17, 15) is 10.1 Å². The summed E-state index contributed by atoms with van der Waals surface area (Å²) in [4.78, 5) is 16.8. The molecule has 2 heterocycles. The zero-order valence-electron chi connectivity index (χ0n) is 11.1. The van der Waals surface area contributed by atoms with Crippen molar-refractivity contribution in [3.63, 3.8) is 0 Å². The number of hydrazine groups is 1. The van der Waals surface area contributed by atoms with Gasteiger partial charge in [-0.3, -0.25) is 15.5 Å². The van der Waals surface area contributed by atoms with Gasteiger partial charge in [0.15, 0.2) is 5.58 Å². The molecule has 0 atom stereocenters. The van der Waals surface area contributed by atoms with E-state index in [1.165, 1.54) is 12.1 Å². The first-order chi connectivity index (χ1) is 9.61. The van der Waals surface area contributed by atoms with Crippen molar-refractivity contribution in [3.8, 4) is 0 Å². The van der Waals surface area contributed by atoms with E-state index in [4.69, 9.17) is 4.42 Å². The lowest BCUT2D eigenvalue weighted by atomic mass is 10.3. The lowest BCUT2D eigenvalue weighted by molar-refractivity contribution is -0.384. The van der Waals surface area contributed by atoms with E-state index in [0.717, 1.165) is 26.2 Å². The molecule has 8 nitrogen and oxygen atoms in total. The average Bonchev–Trinajstić information content (AvgIpc) is 2.82. The van der Waals surface area contributed by atoms with Crippen LogP contribution < -0.4 is 5.43 Å². The van der Waals surface area contributed by atoms with Crippen LogP contribution in [0.3, 0.4) is 0 Å². The number of likely N-dealkylation sites (N-methyl/N-ethyl adjacent to an activating group) is 1. The van der Waals surface area contributed by atoms with E-state index in [-0.39, 0.29) is 5.69 Å². The predicted molar refractivity (Wildman–Crippen MR) is 73.4 cm³/mol. The summed E-state index contributed by atoms with van der Waals surface area (Å²) in [6, 6.07) is 4.76. The molecule has 0 saturated carbocycles. The van der Waals surface area contributed by atoms with Crippen molar-refractivity contribution in [1.29, 1.82) is 0 Å². The van der Waals surface area contributed by atoms with E-state index in [1.807, 2.05) is 5.01 Å². The third-order valence-electron chi connectivity index (χ3n) is 3.34. The van der Waals surface area contributed by atoms with Crippen molar-refractivity contribution in [2.45, 2.75) is 0 Å². The molecule has 0 amide bonds. The number of anilines is 1. The van der Waals surface area contributed by atoms with Crippen molar-refractivity contribution in [3.05, 3.63) is 28.3 Å². The Kier molecular flexibility index (Phi) is 3.25. The van der Waals surface area contributed by atoms with Gasteiger partial charge < -0.3 is 9.32 Å². The van der Waals surface area contributed by atoms with Gasteiger partial charge in [-0.05, 0) is 13.1 Å². The average molecular weight is 277 g/mol. The Balaban J connectivity index is 1.77. The first-order valence-corrected chi connectivity index (χ1v) is 6.37. The molecule has 2 aromatic rings. The Morgan fingerprint density at radius 3 is 2.80 bits per heavy atom. The van der Waals surface area contributed by atoms with Crippen molar-refractivity contribution < 1.29 is 9.34 Å². The smallest absolute Gasteiger partial charge is 0.310 e. The molecular formula is C12H15N5O3. The molecule has 1 aromatic carbocycles. The van der Waals surface area contributed by atoms with Crippen molar-refractivity contribution >= 4 is 22.8 Å². The molecule has 0 radical (unpaired) electrons. The summed E-state index contributed by atoms with van der Waals surface area (Å²) in [5.41, 5.74) is 4.12. The fraction of sp³-hybridized carbons (Fsp3) is 0.417. The van der Waals surface area contributed by atoms with E-state index < -0.39 is 4.92 Å². The largest absolute Gasteiger partial charge is 0.422 e. The Labute approximate surface area is 115 Å². The Morgan fingerprint density at radius 2 is 2.10 bits per heavy atom. The van der Waals surface area contributed by atoms with Crippen molar-refractivity contribution in [1.82, 2.24) is 14.9 Å². The van der Waals surface area contributed by atoms with Gasteiger partial charge in [0.1, 0.15) is 5.52 Å². The molecule has 0 unspecified atom stereocenters. The number of rotatable bonds is 3. The first kappa shape index (κ1) is 12.8. The number of fused-ring (bicyclic) bond motifs is 1. The summed E-state index contributed by atoms with van der Waals surface area (Å²) in [7, 11) is 2.08. The van der Waals surface area contributed by atoms with E-state index in [1.54, 1.807) is 6.07 Å².